The highest BCUT2D eigenvalue weighted by molar-refractivity contribution is 8.76. The van der Waals surface area contributed by atoms with Gasteiger partial charge in [0.1, 0.15) is 6.61 Å². The summed E-state index contributed by atoms with van der Waals surface area (Å²) >= 11 is 1.89. The van der Waals surface area contributed by atoms with Gasteiger partial charge in [0.15, 0.2) is 0 Å². The van der Waals surface area contributed by atoms with Crippen LogP contribution in [0.2, 0.25) is 0 Å². The SMILES string of the molecule is [Cl-].[NH3+]OCCOCCOCCOCCNC(=O)CCSSCCNC(=O)CCOCCOCCOCCOCCNC(=O)CCCCC1SCC2NC(=O)NC21. The molecule has 2 rings (SSSR count). The Hall–Kier alpha value is -1.34. The number of rotatable bonds is 39. The normalized spacial score (nSPS) is 17.2. The lowest BCUT2D eigenvalue weighted by atomic mass is 10.0. The largest absolute Gasteiger partial charge is 1.00 e. The van der Waals surface area contributed by atoms with E-state index in [2.05, 4.69) is 37.3 Å². The van der Waals surface area contributed by atoms with Crippen molar-refractivity contribution in [3.05, 3.63) is 0 Å². The fraction of sp³-hybridized carbons (Fsp3) is 0.882. The van der Waals surface area contributed by atoms with E-state index in [1.54, 1.807) is 21.6 Å². The summed E-state index contributed by atoms with van der Waals surface area (Å²) in [5.41, 5.74) is 0. The summed E-state index contributed by atoms with van der Waals surface area (Å²) in [7, 11) is 3.22. The number of halogens is 1. The lowest BCUT2D eigenvalue weighted by molar-refractivity contribution is -0.689. The maximum absolute atomic E-state index is 12.0. The van der Waals surface area contributed by atoms with E-state index in [1.165, 1.54) is 0 Å². The van der Waals surface area contributed by atoms with Gasteiger partial charge in [-0.3, -0.25) is 14.4 Å². The smallest absolute Gasteiger partial charge is 0.315 e. The van der Waals surface area contributed by atoms with E-state index in [4.69, 9.17) is 33.2 Å². The number of hydrogen-bond acceptors (Lipinski definition) is 15. The number of thioether (sulfide) groups is 1. The Morgan fingerprint density at radius 3 is 1.68 bits per heavy atom. The summed E-state index contributed by atoms with van der Waals surface area (Å²) in [5, 5.41) is 15.0. The number of ether oxygens (including phenoxy) is 7. The van der Waals surface area contributed by atoms with E-state index in [-0.39, 0.29) is 54.7 Å². The lowest BCUT2D eigenvalue weighted by Crippen LogP contribution is -3.00. The lowest BCUT2D eigenvalue weighted by Gasteiger charge is -2.16. The fourth-order valence-corrected chi connectivity index (χ4v) is 8.58. The molecule has 0 radical (unpaired) electrons. The third-order valence-corrected chi connectivity index (χ3v) is 11.8. The molecule has 18 nitrogen and oxygen atoms in total. The first-order chi connectivity index (χ1) is 27.0. The van der Waals surface area contributed by atoms with Gasteiger partial charge in [-0.05, 0) is 12.8 Å². The van der Waals surface area contributed by atoms with E-state index in [1.807, 2.05) is 11.8 Å². The molecule has 0 bridgehead atoms. The standard InChI is InChI=1S/C34H64N6O12S3.ClH/c35-52-24-23-51-22-21-50-18-15-47-12-8-37-32(43)6-25-54-55-26-9-38-31(42)5-10-45-13-16-48-19-20-49-17-14-46-11-7-36-30(41)4-2-1-3-29-33-28(27-53-29)39-34(44)40-33;/h28-29,33H,1-27H2,35H3,(H4-,36,37,38,39,40,41,42,43,44);1H. The predicted molar refractivity (Wildman–Crippen MR) is 212 cm³/mol. The Morgan fingerprint density at radius 2 is 1.09 bits per heavy atom. The number of hydrogen-bond donors (Lipinski definition) is 6. The Bertz CT molecular complexity index is 1020. The van der Waals surface area contributed by atoms with E-state index in [9.17, 15) is 19.2 Å². The summed E-state index contributed by atoms with van der Waals surface area (Å²) in [6, 6.07) is 0.383. The minimum Gasteiger partial charge on any atom is -1.00 e. The number of unbranched alkanes of at least 4 members (excludes halogenated alkanes) is 1. The van der Waals surface area contributed by atoms with Gasteiger partial charge in [-0.15, -0.1) is 0 Å². The van der Waals surface area contributed by atoms with Gasteiger partial charge in [0.2, 0.25) is 17.7 Å². The second-order valence-electron chi connectivity index (χ2n) is 12.3. The molecule has 22 heteroatoms. The van der Waals surface area contributed by atoms with Crippen LogP contribution < -0.4 is 44.9 Å². The van der Waals surface area contributed by atoms with E-state index in [0.717, 1.165) is 30.8 Å². The molecule has 0 aromatic carbocycles. The van der Waals surface area contributed by atoms with Gasteiger partial charge in [-0.1, -0.05) is 28.0 Å². The van der Waals surface area contributed by atoms with Crippen molar-refractivity contribution < 1.29 is 75.5 Å². The molecular weight excluding hydrogens is 816 g/mol. The Morgan fingerprint density at radius 1 is 0.607 bits per heavy atom. The topological polar surface area (TPSA) is 230 Å². The molecule has 2 aliphatic heterocycles. The average Bonchev–Trinajstić information content (AvgIpc) is 3.73. The van der Waals surface area contributed by atoms with Crippen LogP contribution >= 0.6 is 33.3 Å². The molecule has 2 saturated heterocycles. The van der Waals surface area contributed by atoms with Crippen molar-refractivity contribution in [2.45, 2.75) is 55.9 Å². The van der Waals surface area contributed by atoms with Crippen LogP contribution in [0.1, 0.15) is 38.5 Å². The zero-order chi connectivity index (χ0) is 39.4. The van der Waals surface area contributed by atoms with Crippen LogP contribution in [0.3, 0.4) is 0 Å². The van der Waals surface area contributed by atoms with Crippen molar-refractivity contribution in [1.82, 2.24) is 26.6 Å². The molecule has 5 amide bonds. The number of urea groups is 1. The predicted octanol–water partition coefficient (Wildman–Crippen LogP) is -3.48. The van der Waals surface area contributed by atoms with Crippen LogP contribution in [0.4, 0.5) is 4.79 Å². The van der Waals surface area contributed by atoms with Gasteiger partial charge >= 0.3 is 6.03 Å². The minimum absolute atomic E-state index is 0. The van der Waals surface area contributed by atoms with E-state index >= 15 is 0 Å². The van der Waals surface area contributed by atoms with Crippen LogP contribution in [0.5, 0.6) is 0 Å². The van der Waals surface area contributed by atoms with Crippen LogP contribution in [0, 0.1) is 0 Å². The highest BCUT2D eigenvalue weighted by Crippen LogP contribution is 2.33. The average molecular weight is 882 g/mol. The molecule has 0 saturated carbocycles. The monoisotopic (exact) mass is 880 g/mol. The van der Waals surface area contributed by atoms with Crippen LogP contribution in [0.25, 0.3) is 0 Å². The fourth-order valence-electron chi connectivity index (χ4n) is 5.14. The molecule has 0 aromatic rings. The maximum Gasteiger partial charge on any atom is 0.315 e. The highest BCUT2D eigenvalue weighted by atomic mass is 35.5. The van der Waals surface area contributed by atoms with E-state index in [0.29, 0.717) is 143 Å². The quantitative estimate of drug-likeness (QED) is 0.0153. The number of amides is 5. The highest BCUT2D eigenvalue weighted by Gasteiger charge is 2.42. The van der Waals surface area contributed by atoms with Gasteiger partial charge in [0.25, 0.3) is 0 Å². The summed E-state index contributed by atoms with van der Waals surface area (Å²) in [5.74, 6) is 5.60. The van der Waals surface area contributed by atoms with Crippen molar-refractivity contribution in [2.75, 3.05) is 136 Å². The summed E-state index contributed by atoms with van der Waals surface area (Å²) < 4.78 is 38.0. The Kier molecular flexibility index (Phi) is 35.7. The maximum atomic E-state index is 12.0. The summed E-state index contributed by atoms with van der Waals surface area (Å²) in [6.45, 7) is 8.08. The first-order valence-electron chi connectivity index (χ1n) is 19.1. The molecule has 2 aliphatic rings. The zero-order valence-corrected chi connectivity index (χ0v) is 35.7. The Balaban J connectivity index is 0.0000157. The molecule has 0 aromatic heterocycles. The zero-order valence-electron chi connectivity index (χ0n) is 32.5. The van der Waals surface area contributed by atoms with Crippen molar-refractivity contribution in [2.24, 2.45) is 0 Å². The van der Waals surface area contributed by atoms with Crippen LogP contribution in [-0.4, -0.2) is 177 Å². The second-order valence-corrected chi connectivity index (χ2v) is 16.2. The third kappa shape index (κ3) is 29.8. The molecule has 3 atom stereocenters. The molecule has 328 valence electrons. The van der Waals surface area contributed by atoms with Gasteiger partial charge < -0.3 is 72.1 Å². The van der Waals surface area contributed by atoms with Gasteiger partial charge in [0, 0.05) is 61.4 Å². The molecule has 2 heterocycles. The van der Waals surface area contributed by atoms with Crippen molar-refractivity contribution in [3.63, 3.8) is 0 Å². The van der Waals surface area contributed by atoms with Crippen molar-refractivity contribution in [3.8, 4) is 0 Å². The summed E-state index contributed by atoms with van der Waals surface area (Å²) in [6.07, 6.45) is 4.00. The number of fused-ring (bicyclic) bond motifs is 1. The van der Waals surface area contributed by atoms with E-state index < -0.39 is 0 Å². The van der Waals surface area contributed by atoms with Gasteiger partial charge in [-0.25, -0.2) is 15.5 Å². The molecule has 2 fully saturated rings. The molecule has 0 aliphatic carbocycles. The van der Waals surface area contributed by atoms with Crippen LogP contribution in [0.15, 0.2) is 0 Å². The van der Waals surface area contributed by atoms with Gasteiger partial charge in [-0.2, -0.15) is 11.8 Å². The first-order valence-corrected chi connectivity index (χ1v) is 22.7. The number of quaternary nitrogens is 1. The number of carbonyl (C=O) groups is 4. The number of nitrogens with one attached hydrogen (secondary N) is 5. The molecule has 3 unspecified atom stereocenters. The second kappa shape index (κ2) is 37.9. The van der Waals surface area contributed by atoms with Crippen molar-refractivity contribution in [1.29, 1.82) is 0 Å². The van der Waals surface area contributed by atoms with Gasteiger partial charge in [0.05, 0.1) is 105 Å². The molecular formula is C34H65ClN6O12S3. The Labute approximate surface area is 349 Å². The minimum atomic E-state index is -0.0675. The first kappa shape index (κ1) is 52.7. The third-order valence-electron chi connectivity index (χ3n) is 7.93. The molecule has 56 heavy (non-hydrogen) atoms. The van der Waals surface area contributed by atoms with Crippen molar-refractivity contribution >= 4 is 57.1 Å². The summed E-state index contributed by atoms with van der Waals surface area (Å²) in [4.78, 5) is 52.0. The number of carbonyl (C=O) groups excluding carboxylic acids is 4. The molecule has 8 N–H and O–H groups in total. The molecule has 0 spiro atoms. The van der Waals surface area contributed by atoms with Crippen LogP contribution in [-0.2, 0) is 52.4 Å².